The number of rotatable bonds is 7. The molecule has 0 spiro atoms. The number of aliphatic hydroxyl groups excluding tert-OH is 1. The molecule has 32 heavy (non-hydrogen) atoms. The van der Waals surface area contributed by atoms with Gasteiger partial charge in [0.25, 0.3) is 5.69 Å². The standard InChI is InChI=1S/C24H21N2O5P/c27-22(18-11-13-21(14-12-18)26(28)29)15-25-32(30)16-23(19-7-3-1-4-8-19)31-24(17-32)20-9-5-2-6-10-20/h1-14,16-17,22,27H,15H2,(H,25,30). The second-order valence-electron chi connectivity index (χ2n) is 7.26. The number of hydrogen-bond acceptors (Lipinski definition) is 5. The van der Waals surface area contributed by atoms with Gasteiger partial charge >= 0.3 is 0 Å². The summed E-state index contributed by atoms with van der Waals surface area (Å²) in [7, 11) is -3.22. The Morgan fingerprint density at radius 2 is 1.38 bits per heavy atom. The van der Waals surface area contributed by atoms with Crippen LogP contribution >= 0.6 is 7.29 Å². The molecule has 7 nitrogen and oxygen atoms in total. The van der Waals surface area contributed by atoms with E-state index in [1.54, 1.807) is 11.6 Å². The summed E-state index contributed by atoms with van der Waals surface area (Å²) >= 11 is 0. The van der Waals surface area contributed by atoms with Gasteiger partial charge in [-0.1, -0.05) is 60.7 Å². The third-order valence-electron chi connectivity index (χ3n) is 4.98. The van der Waals surface area contributed by atoms with Gasteiger partial charge in [-0.25, -0.2) is 0 Å². The van der Waals surface area contributed by atoms with E-state index in [1.165, 1.54) is 24.3 Å². The zero-order chi connectivity index (χ0) is 22.6. The topological polar surface area (TPSA) is 102 Å². The molecular formula is C24H21N2O5P. The van der Waals surface area contributed by atoms with E-state index in [0.717, 1.165) is 11.1 Å². The summed E-state index contributed by atoms with van der Waals surface area (Å²) in [6.45, 7) is -0.00771. The highest BCUT2D eigenvalue weighted by molar-refractivity contribution is 7.68. The van der Waals surface area contributed by atoms with Crippen LogP contribution in [0.3, 0.4) is 0 Å². The molecule has 8 heteroatoms. The molecule has 1 aliphatic heterocycles. The van der Waals surface area contributed by atoms with E-state index in [4.69, 9.17) is 4.74 Å². The number of nitrogens with zero attached hydrogens (tertiary/aromatic N) is 1. The minimum absolute atomic E-state index is 0.00771. The molecule has 0 aliphatic carbocycles. The first-order chi connectivity index (χ1) is 15.4. The molecule has 0 amide bonds. The largest absolute Gasteiger partial charge is 0.456 e. The molecule has 2 N–H and O–H groups in total. The lowest BCUT2D eigenvalue weighted by molar-refractivity contribution is -0.384. The van der Waals surface area contributed by atoms with E-state index < -0.39 is 18.3 Å². The Bertz CT molecular complexity index is 1150. The van der Waals surface area contributed by atoms with Crippen LogP contribution in [0.4, 0.5) is 5.69 Å². The highest BCUT2D eigenvalue weighted by Gasteiger charge is 2.27. The smallest absolute Gasteiger partial charge is 0.269 e. The molecule has 1 unspecified atom stereocenters. The van der Waals surface area contributed by atoms with Crippen LogP contribution in [-0.2, 0) is 9.30 Å². The number of nitrogens with one attached hydrogen (secondary N) is 1. The van der Waals surface area contributed by atoms with Gasteiger partial charge in [0.05, 0.1) is 11.0 Å². The molecule has 0 aromatic heterocycles. The van der Waals surface area contributed by atoms with E-state index in [-0.39, 0.29) is 12.2 Å². The van der Waals surface area contributed by atoms with Crippen LogP contribution in [0, 0.1) is 10.1 Å². The first-order valence-corrected chi connectivity index (χ1v) is 11.8. The van der Waals surface area contributed by atoms with E-state index in [9.17, 15) is 19.8 Å². The molecule has 4 rings (SSSR count). The molecule has 0 radical (unpaired) electrons. The molecule has 0 fully saturated rings. The Labute approximate surface area is 185 Å². The van der Waals surface area contributed by atoms with Crippen molar-refractivity contribution in [3.05, 3.63) is 123 Å². The number of ether oxygens (including phenoxy) is 1. The maximum atomic E-state index is 13.7. The molecule has 0 saturated heterocycles. The molecule has 3 aromatic rings. The monoisotopic (exact) mass is 448 g/mol. The predicted molar refractivity (Wildman–Crippen MR) is 124 cm³/mol. The number of hydrogen-bond donors (Lipinski definition) is 2. The van der Waals surface area contributed by atoms with Gasteiger partial charge in [0.2, 0.25) is 0 Å². The Balaban J connectivity index is 1.59. The fourth-order valence-corrected chi connectivity index (χ4v) is 5.10. The third kappa shape index (κ3) is 5.03. The fraction of sp³-hybridized carbons (Fsp3) is 0.0833. The Hall–Kier alpha value is -3.51. The maximum Gasteiger partial charge on any atom is 0.269 e. The lowest BCUT2D eigenvalue weighted by Gasteiger charge is -2.24. The van der Waals surface area contributed by atoms with Gasteiger partial charge in [-0.05, 0) is 17.7 Å². The van der Waals surface area contributed by atoms with Gasteiger partial charge in [0.15, 0.2) is 7.29 Å². The fourth-order valence-electron chi connectivity index (χ4n) is 3.29. The van der Waals surface area contributed by atoms with Crippen molar-refractivity contribution in [3.63, 3.8) is 0 Å². The van der Waals surface area contributed by atoms with Crippen LogP contribution < -0.4 is 5.09 Å². The molecule has 0 bridgehead atoms. The Kier molecular flexibility index (Phi) is 6.32. The van der Waals surface area contributed by atoms with Crippen molar-refractivity contribution in [2.24, 2.45) is 0 Å². The average molecular weight is 448 g/mol. The van der Waals surface area contributed by atoms with E-state index in [1.807, 2.05) is 60.7 Å². The zero-order valence-electron chi connectivity index (χ0n) is 17.0. The van der Waals surface area contributed by atoms with Crippen LogP contribution in [0.5, 0.6) is 0 Å². The maximum absolute atomic E-state index is 13.7. The minimum Gasteiger partial charge on any atom is -0.456 e. The van der Waals surface area contributed by atoms with Gasteiger partial charge in [-0.15, -0.1) is 0 Å². The van der Waals surface area contributed by atoms with Gasteiger partial charge in [0.1, 0.15) is 11.5 Å². The van der Waals surface area contributed by atoms with Crippen molar-refractivity contribution in [1.29, 1.82) is 0 Å². The highest BCUT2D eigenvalue weighted by atomic mass is 31.2. The number of non-ortho nitro benzene ring substituents is 1. The number of benzene rings is 3. The van der Waals surface area contributed by atoms with E-state index >= 15 is 0 Å². The van der Waals surface area contributed by atoms with Crippen molar-refractivity contribution < 1.29 is 19.3 Å². The SMILES string of the molecule is O=[N+]([O-])c1ccc(C(O)CNP2(=O)C=C(c3ccccc3)OC(c3ccccc3)=C2)cc1. The summed E-state index contributed by atoms with van der Waals surface area (Å²) in [5, 5.41) is 24.3. The van der Waals surface area contributed by atoms with Crippen LogP contribution in [0.15, 0.2) is 96.6 Å². The van der Waals surface area contributed by atoms with Crippen molar-refractivity contribution in [2.45, 2.75) is 6.10 Å². The number of aliphatic hydroxyl groups is 1. The second kappa shape index (κ2) is 9.32. The van der Waals surface area contributed by atoms with Gasteiger partial charge in [-0.2, -0.15) is 0 Å². The summed E-state index contributed by atoms with van der Waals surface area (Å²) in [5.74, 6) is 4.04. The first-order valence-electron chi connectivity index (χ1n) is 9.95. The van der Waals surface area contributed by atoms with Gasteiger partial charge < -0.3 is 9.84 Å². The van der Waals surface area contributed by atoms with E-state index in [0.29, 0.717) is 17.1 Å². The average Bonchev–Trinajstić information content (AvgIpc) is 2.83. The molecule has 1 heterocycles. The second-order valence-corrected chi connectivity index (χ2v) is 9.51. The zero-order valence-corrected chi connectivity index (χ0v) is 17.9. The lowest BCUT2D eigenvalue weighted by Crippen LogP contribution is -2.19. The lowest BCUT2D eigenvalue weighted by atomic mass is 10.1. The predicted octanol–water partition coefficient (Wildman–Crippen LogP) is 5.52. The molecule has 1 aliphatic rings. The van der Waals surface area contributed by atoms with Gasteiger partial charge in [-0.3, -0.25) is 19.8 Å². The molecule has 0 saturated carbocycles. The van der Waals surface area contributed by atoms with Gasteiger partial charge in [0, 0.05) is 41.4 Å². The third-order valence-corrected chi connectivity index (χ3v) is 6.89. The molecule has 1 atom stereocenters. The minimum atomic E-state index is -3.22. The van der Waals surface area contributed by atoms with Crippen LogP contribution in [-0.4, -0.2) is 16.6 Å². The quantitative estimate of drug-likeness (QED) is 0.280. The van der Waals surface area contributed by atoms with Crippen LogP contribution in [0.2, 0.25) is 0 Å². The van der Waals surface area contributed by atoms with Crippen LogP contribution in [0.25, 0.3) is 11.5 Å². The van der Waals surface area contributed by atoms with Crippen molar-refractivity contribution in [3.8, 4) is 0 Å². The Morgan fingerprint density at radius 1 is 0.875 bits per heavy atom. The normalized spacial score (nSPS) is 15.8. The summed E-state index contributed by atoms with van der Waals surface area (Å²) in [4.78, 5) is 10.3. The number of nitro benzene ring substituents is 1. The highest BCUT2D eigenvalue weighted by Crippen LogP contribution is 2.53. The summed E-state index contributed by atoms with van der Waals surface area (Å²) in [6.07, 6.45) is -0.994. The molecule has 162 valence electrons. The molecule has 3 aromatic carbocycles. The summed E-state index contributed by atoms with van der Waals surface area (Å²) < 4.78 is 19.8. The van der Waals surface area contributed by atoms with Crippen molar-refractivity contribution >= 4 is 24.5 Å². The van der Waals surface area contributed by atoms with Crippen LogP contribution in [0.1, 0.15) is 22.8 Å². The Morgan fingerprint density at radius 3 is 1.84 bits per heavy atom. The van der Waals surface area contributed by atoms with E-state index in [2.05, 4.69) is 5.09 Å². The molecular weight excluding hydrogens is 427 g/mol. The van der Waals surface area contributed by atoms with Crippen molar-refractivity contribution in [1.82, 2.24) is 5.09 Å². The number of nitro groups is 1. The van der Waals surface area contributed by atoms with Crippen molar-refractivity contribution in [2.75, 3.05) is 6.54 Å². The first kappa shape index (κ1) is 21.7. The summed E-state index contributed by atoms with van der Waals surface area (Å²) in [5.41, 5.74) is 2.00. The summed E-state index contributed by atoms with van der Waals surface area (Å²) in [6, 6.07) is 24.4.